The van der Waals surface area contributed by atoms with Crippen molar-refractivity contribution in [2.45, 2.75) is 12.8 Å². The van der Waals surface area contributed by atoms with Crippen molar-refractivity contribution in [2.24, 2.45) is 5.92 Å². The number of nitrogens with one attached hydrogen (secondary N) is 2. The third-order valence-electron chi connectivity index (χ3n) is 4.01. The van der Waals surface area contributed by atoms with Crippen molar-refractivity contribution in [1.82, 2.24) is 19.5 Å². The van der Waals surface area contributed by atoms with Gasteiger partial charge in [0.25, 0.3) is 5.91 Å². The zero-order chi connectivity index (χ0) is 17.9. The van der Waals surface area contributed by atoms with Gasteiger partial charge in [-0.05, 0) is 31.0 Å². The molecule has 2 N–H and O–H groups in total. The molecule has 0 saturated heterocycles. The number of imidazole rings is 1. The van der Waals surface area contributed by atoms with Crippen LogP contribution in [0.4, 0.5) is 11.5 Å². The minimum Gasteiger partial charge on any atom is -0.321 e. The lowest BCUT2D eigenvalue weighted by Crippen LogP contribution is -2.16. The fourth-order valence-corrected chi connectivity index (χ4v) is 2.47. The van der Waals surface area contributed by atoms with Gasteiger partial charge in [0.15, 0.2) is 0 Å². The van der Waals surface area contributed by atoms with Gasteiger partial charge in [-0.1, -0.05) is 0 Å². The predicted octanol–water partition coefficient (Wildman–Crippen LogP) is 2.26. The molecule has 0 bridgehead atoms. The Morgan fingerprint density at radius 1 is 1.08 bits per heavy atom. The van der Waals surface area contributed by atoms with Crippen LogP contribution in [0.2, 0.25) is 0 Å². The van der Waals surface area contributed by atoms with Crippen molar-refractivity contribution < 1.29 is 9.59 Å². The minimum atomic E-state index is -0.307. The van der Waals surface area contributed by atoms with Crippen LogP contribution in [0.5, 0.6) is 0 Å². The molecule has 1 aliphatic carbocycles. The molecular formula is C18H16N6O2. The highest BCUT2D eigenvalue weighted by Crippen LogP contribution is 2.30. The highest BCUT2D eigenvalue weighted by atomic mass is 16.2. The average molecular weight is 348 g/mol. The maximum Gasteiger partial charge on any atom is 0.255 e. The van der Waals surface area contributed by atoms with Crippen LogP contribution >= 0.6 is 0 Å². The van der Waals surface area contributed by atoms with E-state index in [2.05, 4.69) is 25.6 Å². The number of aromatic nitrogens is 4. The Hall–Kier alpha value is -3.55. The van der Waals surface area contributed by atoms with Gasteiger partial charge >= 0.3 is 0 Å². The first kappa shape index (κ1) is 15.9. The summed E-state index contributed by atoms with van der Waals surface area (Å²) >= 11 is 0. The first-order chi connectivity index (χ1) is 12.7. The number of carbonyl (C=O) groups is 2. The summed E-state index contributed by atoms with van der Waals surface area (Å²) < 4.78 is 1.79. The van der Waals surface area contributed by atoms with Gasteiger partial charge < -0.3 is 15.2 Å². The molecule has 0 unspecified atom stereocenters. The molecule has 4 rings (SSSR count). The molecule has 1 aliphatic rings. The largest absolute Gasteiger partial charge is 0.321 e. The number of carbonyl (C=O) groups excluding carboxylic acids is 2. The van der Waals surface area contributed by atoms with Crippen molar-refractivity contribution in [2.75, 3.05) is 10.6 Å². The highest BCUT2D eigenvalue weighted by Gasteiger charge is 2.29. The first-order valence-electron chi connectivity index (χ1n) is 8.21. The molecule has 2 amide bonds. The third-order valence-corrected chi connectivity index (χ3v) is 4.01. The number of nitrogens with zero attached hydrogens (tertiary/aromatic N) is 4. The zero-order valence-corrected chi connectivity index (χ0v) is 13.8. The molecule has 3 aromatic heterocycles. The molecule has 0 spiro atoms. The molecule has 1 fully saturated rings. The lowest BCUT2D eigenvalue weighted by molar-refractivity contribution is -0.117. The monoisotopic (exact) mass is 348 g/mol. The van der Waals surface area contributed by atoms with Gasteiger partial charge in [-0.25, -0.2) is 9.97 Å². The quantitative estimate of drug-likeness (QED) is 0.736. The van der Waals surface area contributed by atoms with Crippen molar-refractivity contribution in [1.29, 1.82) is 0 Å². The molecule has 0 atom stereocenters. The lowest BCUT2D eigenvalue weighted by Gasteiger charge is -2.09. The fraction of sp³-hybridized carbons (Fsp3) is 0.167. The second kappa shape index (κ2) is 6.75. The van der Waals surface area contributed by atoms with Crippen LogP contribution in [0.1, 0.15) is 23.2 Å². The van der Waals surface area contributed by atoms with E-state index in [-0.39, 0.29) is 17.7 Å². The number of rotatable bonds is 5. The maximum atomic E-state index is 12.5. The zero-order valence-electron chi connectivity index (χ0n) is 13.8. The van der Waals surface area contributed by atoms with Crippen LogP contribution in [0.15, 0.2) is 55.5 Å². The average Bonchev–Trinajstić information content (AvgIpc) is 3.37. The van der Waals surface area contributed by atoms with E-state index in [1.165, 1.54) is 6.20 Å². The summed E-state index contributed by atoms with van der Waals surface area (Å²) in [5.41, 5.74) is 1.74. The van der Waals surface area contributed by atoms with Crippen molar-refractivity contribution >= 4 is 23.3 Å². The molecule has 26 heavy (non-hydrogen) atoms. The Bertz CT molecular complexity index is 950. The summed E-state index contributed by atoms with van der Waals surface area (Å²) in [5.74, 6) is 0.0947. The molecule has 130 valence electrons. The maximum absolute atomic E-state index is 12.5. The Morgan fingerprint density at radius 3 is 2.73 bits per heavy atom. The van der Waals surface area contributed by atoms with E-state index in [0.717, 1.165) is 18.5 Å². The number of pyridine rings is 2. The highest BCUT2D eigenvalue weighted by molar-refractivity contribution is 6.05. The summed E-state index contributed by atoms with van der Waals surface area (Å²) in [5, 5.41) is 5.54. The SMILES string of the molecule is O=C(Nc1cncc(-n2ccnc2)c1)c1ccnc(NC(=O)C2CC2)c1. The molecule has 3 aromatic rings. The van der Waals surface area contributed by atoms with Gasteiger partial charge in [0.05, 0.1) is 30.1 Å². The predicted molar refractivity (Wildman–Crippen MR) is 94.9 cm³/mol. The van der Waals surface area contributed by atoms with Crippen LogP contribution in [-0.2, 0) is 4.79 Å². The second-order valence-electron chi connectivity index (χ2n) is 6.05. The van der Waals surface area contributed by atoms with Crippen molar-refractivity contribution in [3.63, 3.8) is 0 Å². The smallest absolute Gasteiger partial charge is 0.255 e. The Balaban J connectivity index is 1.48. The van der Waals surface area contributed by atoms with E-state index >= 15 is 0 Å². The summed E-state index contributed by atoms with van der Waals surface area (Å²) in [6, 6.07) is 4.95. The summed E-state index contributed by atoms with van der Waals surface area (Å²) in [4.78, 5) is 36.6. The minimum absolute atomic E-state index is 0.0488. The van der Waals surface area contributed by atoms with Gasteiger partial charge in [0.1, 0.15) is 5.82 Å². The van der Waals surface area contributed by atoms with Crippen LogP contribution in [0.3, 0.4) is 0 Å². The Kier molecular flexibility index (Phi) is 4.14. The van der Waals surface area contributed by atoms with Crippen molar-refractivity contribution in [3.05, 3.63) is 61.1 Å². The van der Waals surface area contributed by atoms with E-state index in [0.29, 0.717) is 17.1 Å². The number of hydrogen-bond donors (Lipinski definition) is 2. The van der Waals surface area contributed by atoms with Gasteiger partial charge in [-0.15, -0.1) is 0 Å². The van der Waals surface area contributed by atoms with E-state index < -0.39 is 0 Å². The number of anilines is 2. The first-order valence-corrected chi connectivity index (χ1v) is 8.21. The number of amides is 2. The normalized spacial score (nSPS) is 13.2. The van der Waals surface area contributed by atoms with Crippen LogP contribution < -0.4 is 10.6 Å². The van der Waals surface area contributed by atoms with E-state index in [9.17, 15) is 9.59 Å². The standard InChI is InChI=1S/C18H16N6O2/c25-17(12-1-2-12)23-16-7-13(3-4-21-16)18(26)22-14-8-15(10-20-9-14)24-6-5-19-11-24/h3-12H,1-2H2,(H,22,26)(H,21,23,25). The topological polar surface area (TPSA) is 102 Å². The summed E-state index contributed by atoms with van der Waals surface area (Å²) in [7, 11) is 0. The van der Waals surface area contributed by atoms with Gasteiger partial charge in [-0.3, -0.25) is 14.6 Å². The molecule has 0 radical (unpaired) electrons. The van der Waals surface area contributed by atoms with E-state index in [1.54, 1.807) is 53.9 Å². The van der Waals surface area contributed by atoms with Crippen LogP contribution in [0, 0.1) is 5.92 Å². The Labute approximate surface area is 149 Å². The molecular weight excluding hydrogens is 332 g/mol. The van der Waals surface area contributed by atoms with Crippen molar-refractivity contribution in [3.8, 4) is 5.69 Å². The Morgan fingerprint density at radius 2 is 1.96 bits per heavy atom. The molecule has 1 saturated carbocycles. The molecule has 0 aliphatic heterocycles. The van der Waals surface area contributed by atoms with Gasteiger partial charge in [-0.2, -0.15) is 0 Å². The third kappa shape index (κ3) is 3.59. The van der Waals surface area contributed by atoms with Gasteiger partial charge in [0.2, 0.25) is 5.91 Å². The number of hydrogen-bond acceptors (Lipinski definition) is 5. The summed E-state index contributed by atoms with van der Waals surface area (Å²) in [6.45, 7) is 0. The van der Waals surface area contributed by atoms with E-state index in [1.807, 2.05) is 0 Å². The molecule has 8 heteroatoms. The molecule has 3 heterocycles. The fourth-order valence-electron chi connectivity index (χ4n) is 2.47. The summed E-state index contributed by atoms with van der Waals surface area (Å²) in [6.07, 6.45) is 11.7. The molecule has 0 aromatic carbocycles. The van der Waals surface area contributed by atoms with Gasteiger partial charge in [0, 0.05) is 30.1 Å². The lowest BCUT2D eigenvalue weighted by atomic mass is 10.2. The second-order valence-corrected chi connectivity index (χ2v) is 6.05. The van der Waals surface area contributed by atoms with E-state index in [4.69, 9.17) is 0 Å². The van der Waals surface area contributed by atoms with Crippen LogP contribution in [-0.4, -0.2) is 31.3 Å². The van der Waals surface area contributed by atoms with Crippen LogP contribution in [0.25, 0.3) is 5.69 Å². The molecule has 8 nitrogen and oxygen atoms in total.